The van der Waals surface area contributed by atoms with Crippen LogP contribution in [0.2, 0.25) is 0 Å². The van der Waals surface area contributed by atoms with Crippen LogP contribution in [0.3, 0.4) is 0 Å². The molecule has 4 amide bonds. The normalized spacial score (nSPS) is 23.2. The lowest BCUT2D eigenvalue weighted by molar-refractivity contribution is -0.147. The molecule has 4 fully saturated rings. The van der Waals surface area contributed by atoms with Crippen LogP contribution in [0.1, 0.15) is 86.5 Å². The van der Waals surface area contributed by atoms with Crippen LogP contribution in [-0.4, -0.2) is 90.3 Å². The van der Waals surface area contributed by atoms with Crippen LogP contribution in [0, 0.1) is 10.8 Å². The van der Waals surface area contributed by atoms with Gasteiger partial charge in [0.2, 0.25) is 21.8 Å². The summed E-state index contributed by atoms with van der Waals surface area (Å²) in [6, 6.07) is 14.7. The Balaban J connectivity index is 1.23. The van der Waals surface area contributed by atoms with Gasteiger partial charge in [0.1, 0.15) is 40.8 Å². The van der Waals surface area contributed by atoms with Gasteiger partial charge >= 0.3 is 6.09 Å². The van der Waals surface area contributed by atoms with Gasteiger partial charge in [-0.25, -0.2) is 18.2 Å². The fourth-order valence-electron chi connectivity index (χ4n) is 8.09. The van der Waals surface area contributed by atoms with Crippen molar-refractivity contribution in [2.45, 2.75) is 121 Å². The van der Waals surface area contributed by atoms with Gasteiger partial charge in [-0.15, -0.1) is 0 Å². The van der Waals surface area contributed by atoms with Crippen molar-refractivity contribution in [1.82, 2.24) is 25.2 Å². The number of ether oxygens (including phenoxy) is 3. The molecule has 3 aliphatic carbocycles. The van der Waals surface area contributed by atoms with Crippen molar-refractivity contribution in [2.75, 3.05) is 13.7 Å². The quantitative estimate of drug-likeness (QED) is 0.232. The molecule has 2 heterocycles. The van der Waals surface area contributed by atoms with Crippen LogP contribution in [-0.2, 0) is 29.1 Å². The number of aromatic nitrogens is 1. The zero-order valence-electron chi connectivity index (χ0n) is 33.6. The minimum absolute atomic E-state index is 0.0272. The van der Waals surface area contributed by atoms with E-state index in [0.29, 0.717) is 60.2 Å². The van der Waals surface area contributed by atoms with Crippen LogP contribution in [0.25, 0.3) is 22.2 Å². The van der Waals surface area contributed by atoms with Gasteiger partial charge in [0.25, 0.3) is 5.91 Å². The van der Waals surface area contributed by atoms with Crippen LogP contribution in [0.5, 0.6) is 11.5 Å². The topological polar surface area (TPSA) is 182 Å². The first-order chi connectivity index (χ1) is 26.7. The molecule has 4 atom stereocenters. The van der Waals surface area contributed by atoms with Gasteiger partial charge in [-0.3, -0.25) is 19.1 Å². The van der Waals surface area contributed by atoms with Crippen molar-refractivity contribution in [3.05, 3.63) is 54.6 Å². The Bertz CT molecular complexity index is 2190. The van der Waals surface area contributed by atoms with E-state index in [4.69, 9.17) is 19.2 Å². The summed E-state index contributed by atoms with van der Waals surface area (Å²) >= 11 is 0. The van der Waals surface area contributed by atoms with Gasteiger partial charge in [0, 0.05) is 34.9 Å². The fourth-order valence-corrected chi connectivity index (χ4v) is 9.44. The van der Waals surface area contributed by atoms with E-state index < -0.39 is 79.2 Å². The van der Waals surface area contributed by atoms with E-state index >= 15 is 0 Å². The molecule has 4 aliphatic rings. The predicted octanol–water partition coefficient (Wildman–Crippen LogP) is 5.24. The number of carbonyl (C=O) groups excluding carboxylic acids is 4. The summed E-state index contributed by atoms with van der Waals surface area (Å²) in [6.45, 7) is 10.6. The summed E-state index contributed by atoms with van der Waals surface area (Å²) in [4.78, 5) is 62.8. The van der Waals surface area contributed by atoms with Gasteiger partial charge in [0.15, 0.2) is 0 Å². The summed E-state index contributed by atoms with van der Waals surface area (Å²) in [5, 5.41) is 5.82. The maximum atomic E-state index is 14.8. The number of nitrogens with one attached hydrogen (secondary N) is 3. The highest BCUT2D eigenvalue weighted by Crippen LogP contribution is 2.67. The number of fused-ring (bicyclic) bond motifs is 1. The Labute approximate surface area is 333 Å². The number of amides is 4. The van der Waals surface area contributed by atoms with Crippen molar-refractivity contribution in [3.8, 4) is 22.8 Å². The zero-order valence-corrected chi connectivity index (χ0v) is 34.5. The molecule has 306 valence electrons. The first-order valence-corrected chi connectivity index (χ1v) is 21.2. The lowest BCUT2D eigenvalue weighted by Crippen LogP contribution is -2.71. The number of likely N-dealkylation sites (tertiary alicyclic amines) is 1. The number of alkyl carbamates (subject to hydrolysis) is 1. The van der Waals surface area contributed by atoms with E-state index in [1.165, 1.54) is 4.90 Å². The first-order valence-electron chi connectivity index (χ1n) is 19.6. The number of hydrogen-bond donors (Lipinski definition) is 3. The Kier molecular flexibility index (Phi) is 10.2. The maximum Gasteiger partial charge on any atom is 0.408 e. The first kappa shape index (κ1) is 40.3. The highest BCUT2D eigenvalue weighted by Gasteiger charge is 2.71. The average Bonchev–Trinajstić information content (AvgIpc) is 4.07. The summed E-state index contributed by atoms with van der Waals surface area (Å²) in [6.07, 6.45) is 1.78. The smallest absolute Gasteiger partial charge is 0.408 e. The highest BCUT2D eigenvalue weighted by atomic mass is 32.2. The van der Waals surface area contributed by atoms with E-state index in [1.54, 1.807) is 54.7 Å². The number of sulfonamides is 1. The second kappa shape index (κ2) is 14.5. The van der Waals surface area contributed by atoms with Crippen molar-refractivity contribution in [1.29, 1.82) is 0 Å². The molecule has 0 radical (unpaired) electrons. The van der Waals surface area contributed by atoms with Crippen LogP contribution in [0.4, 0.5) is 4.79 Å². The molecule has 1 aromatic heterocycles. The molecule has 0 bridgehead atoms. The number of hydrogen-bond acceptors (Lipinski definition) is 10. The second-order valence-corrected chi connectivity index (χ2v) is 20.0. The maximum absolute atomic E-state index is 14.8. The van der Waals surface area contributed by atoms with E-state index in [2.05, 4.69) is 15.4 Å². The largest absolute Gasteiger partial charge is 0.497 e. The number of rotatable bonds is 11. The summed E-state index contributed by atoms with van der Waals surface area (Å²) in [7, 11) is -2.31. The minimum atomic E-state index is -3.89. The van der Waals surface area contributed by atoms with E-state index in [0.717, 1.165) is 5.56 Å². The van der Waals surface area contributed by atoms with E-state index in [9.17, 15) is 27.6 Å². The van der Waals surface area contributed by atoms with Crippen LogP contribution >= 0.6 is 0 Å². The zero-order chi connectivity index (χ0) is 41.1. The van der Waals surface area contributed by atoms with Crippen LogP contribution in [0.15, 0.2) is 54.6 Å². The molecule has 1 spiro atoms. The summed E-state index contributed by atoms with van der Waals surface area (Å²) in [5.74, 6) is -0.770. The number of nitrogens with zero attached hydrogens (tertiary/aromatic N) is 2. The van der Waals surface area contributed by atoms with Gasteiger partial charge in [0.05, 0.1) is 30.1 Å². The number of methoxy groups -OCH3 is 1. The van der Waals surface area contributed by atoms with Gasteiger partial charge < -0.3 is 29.7 Å². The molecule has 1 aliphatic heterocycles. The predicted molar refractivity (Wildman–Crippen MR) is 213 cm³/mol. The Morgan fingerprint density at radius 2 is 1.61 bits per heavy atom. The third-order valence-corrected chi connectivity index (χ3v) is 13.4. The average molecular weight is 804 g/mol. The van der Waals surface area contributed by atoms with Crippen molar-refractivity contribution >= 4 is 44.7 Å². The second-order valence-electron chi connectivity index (χ2n) is 18.0. The molecule has 1 unspecified atom stereocenters. The minimum Gasteiger partial charge on any atom is -0.497 e. The SMILES string of the molecule is COc1ccc2c(O[C@@H]3C[C@@H](C(=O)NC4(C(=O)NS(=O)(=O)C5CC5)CCC45CC5)N(C(=O)[C@@H](NC(=O)OC(C)(C)C)C(C)(C)C)C3)cc(-c3ccccc3)nc2c1. The molecule has 3 aromatic rings. The van der Waals surface area contributed by atoms with Crippen molar-refractivity contribution in [2.24, 2.45) is 10.8 Å². The van der Waals surface area contributed by atoms with E-state index in [1.807, 2.05) is 48.5 Å². The summed E-state index contributed by atoms with van der Waals surface area (Å²) in [5.41, 5.74) is -1.51. The molecule has 3 saturated carbocycles. The lowest BCUT2D eigenvalue weighted by atomic mass is 9.62. The Morgan fingerprint density at radius 1 is 0.930 bits per heavy atom. The highest BCUT2D eigenvalue weighted by molar-refractivity contribution is 7.91. The molecule has 57 heavy (non-hydrogen) atoms. The molecular formula is C42H53N5O9S. The number of benzene rings is 2. The third kappa shape index (κ3) is 8.12. The lowest BCUT2D eigenvalue weighted by Gasteiger charge is -2.50. The molecular weight excluding hydrogens is 751 g/mol. The van der Waals surface area contributed by atoms with Crippen molar-refractivity contribution in [3.63, 3.8) is 0 Å². The van der Waals surface area contributed by atoms with Crippen LogP contribution < -0.4 is 24.8 Å². The molecule has 7 rings (SSSR count). The van der Waals surface area contributed by atoms with Crippen molar-refractivity contribution < 1.29 is 41.8 Å². The number of pyridine rings is 1. The monoisotopic (exact) mass is 803 g/mol. The van der Waals surface area contributed by atoms with Gasteiger partial charge in [-0.2, -0.15) is 0 Å². The molecule has 3 N–H and O–H groups in total. The Morgan fingerprint density at radius 3 is 2.19 bits per heavy atom. The Hall–Kier alpha value is -4.92. The molecule has 14 nitrogen and oxygen atoms in total. The molecule has 1 saturated heterocycles. The van der Waals surface area contributed by atoms with E-state index in [-0.39, 0.29) is 19.4 Å². The standard InChI is InChI=1S/C42H53N5O9S/c1-39(2,3)34(44-38(51)56-40(4,5)6)36(49)47-24-27(55-33-23-30(25-11-9-8-10-12-25)43-31-21-26(54-7)13-16-29(31)33)22-32(47)35(48)45-42(20-19-41(42)17-18-41)37(50)46-57(52,53)28-14-15-28/h8-13,16,21,23,27-28,32,34H,14-15,17-20,22,24H2,1-7H3,(H,44,51)(H,45,48)(H,46,50)/t27-,32+,34-,42?/m1/s1. The number of carbonyl (C=O) groups is 4. The molecule has 2 aromatic carbocycles. The molecule has 15 heteroatoms. The van der Waals surface area contributed by atoms with Gasteiger partial charge in [-0.1, -0.05) is 51.1 Å². The third-order valence-electron chi connectivity index (χ3n) is 11.6. The fraction of sp³-hybridized carbons (Fsp3) is 0.548. The summed E-state index contributed by atoms with van der Waals surface area (Å²) < 4.78 is 45.9. The van der Waals surface area contributed by atoms with Gasteiger partial charge in [-0.05, 0) is 76.8 Å².